The van der Waals surface area contributed by atoms with Crippen molar-refractivity contribution < 1.29 is 4.79 Å². The monoisotopic (exact) mass is 297 g/mol. The third kappa shape index (κ3) is 8.48. The number of rotatable bonds is 13. The lowest BCUT2D eigenvalue weighted by molar-refractivity contribution is -0.140. The standard InChI is InChI=1S/C19H39NO/c1-6-9-11-13-15-17-19(4,16-14-12-10-7-2)18(21)20(5)8-3/h6-17H2,1-5H3. The smallest absolute Gasteiger partial charge is 0.228 e. The molecule has 1 atom stereocenters. The maximum absolute atomic E-state index is 12.7. The summed E-state index contributed by atoms with van der Waals surface area (Å²) in [5.74, 6) is 0.358. The first-order chi connectivity index (χ1) is 10.0. The van der Waals surface area contributed by atoms with Crippen LogP contribution in [-0.4, -0.2) is 24.4 Å². The fourth-order valence-corrected chi connectivity index (χ4v) is 3.00. The van der Waals surface area contributed by atoms with Crippen molar-refractivity contribution in [3.05, 3.63) is 0 Å². The summed E-state index contributed by atoms with van der Waals surface area (Å²) >= 11 is 0. The Morgan fingerprint density at radius 3 is 1.67 bits per heavy atom. The highest BCUT2D eigenvalue weighted by Gasteiger charge is 2.33. The highest BCUT2D eigenvalue weighted by molar-refractivity contribution is 5.82. The van der Waals surface area contributed by atoms with Gasteiger partial charge in [-0.1, -0.05) is 78.6 Å². The molecule has 0 aromatic rings. The van der Waals surface area contributed by atoms with Gasteiger partial charge in [0.15, 0.2) is 0 Å². The molecule has 0 N–H and O–H groups in total. The van der Waals surface area contributed by atoms with E-state index in [4.69, 9.17) is 0 Å². The molecule has 0 bridgehead atoms. The Labute approximate surface area is 133 Å². The SMILES string of the molecule is CCCCCCCC(C)(CCCCCC)C(=O)N(C)CC. The molecule has 0 aliphatic rings. The van der Waals surface area contributed by atoms with Gasteiger partial charge in [0.1, 0.15) is 0 Å². The number of hydrogen-bond acceptors (Lipinski definition) is 1. The average molecular weight is 298 g/mol. The lowest BCUT2D eigenvalue weighted by atomic mass is 9.78. The largest absolute Gasteiger partial charge is 0.346 e. The van der Waals surface area contributed by atoms with E-state index in [0.29, 0.717) is 5.91 Å². The molecule has 0 spiro atoms. The Hall–Kier alpha value is -0.530. The summed E-state index contributed by atoms with van der Waals surface area (Å²) in [6.07, 6.45) is 13.6. The Balaban J connectivity index is 4.40. The molecule has 0 aromatic carbocycles. The molecule has 0 rings (SSSR count). The van der Waals surface area contributed by atoms with Crippen molar-refractivity contribution in [1.82, 2.24) is 4.90 Å². The number of carbonyl (C=O) groups excluding carboxylic acids is 1. The molecule has 0 saturated heterocycles. The normalized spacial score (nSPS) is 14.0. The molecular formula is C19H39NO. The van der Waals surface area contributed by atoms with Gasteiger partial charge < -0.3 is 4.90 Å². The van der Waals surface area contributed by atoms with Crippen LogP contribution >= 0.6 is 0 Å². The molecule has 0 heterocycles. The van der Waals surface area contributed by atoms with E-state index in [9.17, 15) is 4.79 Å². The van der Waals surface area contributed by atoms with Gasteiger partial charge >= 0.3 is 0 Å². The number of carbonyl (C=O) groups is 1. The highest BCUT2D eigenvalue weighted by atomic mass is 16.2. The molecule has 0 aromatic heterocycles. The molecule has 21 heavy (non-hydrogen) atoms. The number of unbranched alkanes of at least 4 members (excludes halogenated alkanes) is 7. The van der Waals surface area contributed by atoms with Crippen molar-refractivity contribution in [2.45, 2.75) is 98.3 Å². The van der Waals surface area contributed by atoms with E-state index in [2.05, 4.69) is 27.7 Å². The van der Waals surface area contributed by atoms with Crippen LogP contribution in [0.15, 0.2) is 0 Å². The maximum Gasteiger partial charge on any atom is 0.228 e. The third-order valence-electron chi connectivity index (χ3n) is 4.75. The van der Waals surface area contributed by atoms with E-state index < -0.39 is 0 Å². The van der Waals surface area contributed by atoms with Crippen LogP contribution < -0.4 is 0 Å². The number of hydrogen-bond donors (Lipinski definition) is 0. The summed E-state index contributed by atoms with van der Waals surface area (Å²) in [7, 11) is 1.95. The lowest BCUT2D eigenvalue weighted by Crippen LogP contribution is -2.40. The second-order valence-corrected chi connectivity index (χ2v) is 6.85. The summed E-state index contributed by atoms with van der Waals surface area (Å²) in [6.45, 7) is 9.57. The van der Waals surface area contributed by atoms with E-state index in [1.165, 1.54) is 57.8 Å². The topological polar surface area (TPSA) is 20.3 Å². The van der Waals surface area contributed by atoms with Crippen molar-refractivity contribution in [2.75, 3.05) is 13.6 Å². The minimum absolute atomic E-state index is 0.134. The van der Waals surface area contributed by atoms with Crippen molar-refractivity contribution in [2.24, 2.45) is 5.41 Å². The first-order valence-electron chi connectivity index (χ1n) is 9.27. The Morgan fingerprint density at radius 2 is 1.24 bits per heavy atom. The zero-order valence-corrected chi connectivity index (χ0v) is 15.3. The minimum Gasteiger partial charge on any atom is -0.346 e. The summed E-state index contributed by atoms with van der Waals surface area (Å²) in [5, 5.41) is 0. The average Bonchev–Trinajstić information content (AvgIpc) is 2.50. The maximum atomic E-state index is 12.7. The molecular weight excluding hydrogens is 258 g/mol. The fourth-order valence-electron chi connectivity index (χ4n) is 3.00. The molecule has 0 aliphatic heterocycles. The second kappa shape index (κ2) is 12.1. The molecule has 1 amide bonds. The minimum atomic E-state index is -0.134. The van der Waals surface area contributed by atoms with Crippen LogP contribution in [-0.2, 0) is 4.79 Å². The predicted octanol–water partition coefficient (Wildman–Crippen LogP) is 5.80. The van der Waals surface area contributed by atoms with Crippen LogP contribution in [0.3, 0.4) is 0 Å². The first kappa shape index (κ1) is 20.5. The molecule has 2 nitrogen and oxygen atoms in total. The van der Waals surface area contributed by atoms with Crippen LogP contribution in [0.2, 0.25) is 0 Å². The zero-order valence-electron chi connectivity index (χ0n) is 15.3. The Morgan fingerprint density at radius 1 is 0.810 bits per heavy atom. The van der Waals surface area contributed by atoms with Crippen LogP contribution in [0, 0.1) is 5.41 Å². The van der Waals surface area contributed by atoms with E-state index in [0.717, 1.165) is 19.4 Å². The lowest BCUT2D eigenvalue weighted by Gasteiger charge is -2.32. The highest BCUT2D eigenvalue weighted by Crippen LogP contribution is 2.33. The molecule has 0 aliphatic carbocycles. The summed E-state index contributed by atoms with van der Waals surface area (Å²) in [6, 6.07) is 0. The third-order valence-corrected chi connectivity index (χ3v) is 4.75. The molecule has 0 saturated carbocycles. The van der Waals surface area contributed by atoms with Crippen LogP contribution in [0.5, 0.6) is 0 Å². The van der Waals surface area contributed by atoms with Gasteiger partial charge in [-0.25, -0.2) is 0 Å². The van der Waals surface area contributed by atoms with Gasteiger partial charge in [-0.2, -0.15) is 0 Å². The Kier molecular flexibility index (Phi) is 11.8. The zero-order chi connectivity index (χ0) is 16.1. The summed E-state index contributed by atoms with van der Waals surface area (Å²) in [5.41, 5.74) is -0.134. The van der Waals surface area contributed by atoms with E-state index in [-0.39, 0.29) is 5.41 Å². The fraction of sp³-hybridized carbons (Fsp3) is 0.947. The van der Waals surface area contributed by atoms with Crippen molar-refractivity contribution >= 4 is 5.91 Å². The molecule has 126 valence electrons. The van der Waals surface area contributed by atoms with Gasteiger partial charge in [0.25, 0.3) is 0 Å². The summed E-state index contributed by atoms with van der Waals surface area (Å²) in [4.78, 5) is 14.6. The second-order valence-electron chi connectivity index (χ2n) is 6.85. The van der Waals surface area contributed by atoms with E-state index in [1.54, 1.807) is 0 Å². The van der Waals surface area contributed by atoms with Gasteiger partial charge in [-0.15, -0.1) is 0 Å². The van der Waals surface area contributed by atoms with Gasteiger partial charge in [0, 0.05) is 19.0 Å². The van der Waals surface area contributed by atoms with Crippen molar-refractivity contribution in [3.63, 3.8) is 0 Å². The number of amides is 1. The first-order valence-corrected chi connectivity index (χ1v) is 9.27. The van der Waals surface area contributed by atoms with Gasteiger partial charge in [0.2, 0.25) is 5.91 Å². The van der Waals surface area contributed by atoms with E-state index in [1.807, 2.05) is 11.9 Å². The molecule has 1 unspecified atom stereocenters. The molecule has 0 fully saturated rings. The Bertz CT molecular complexity index is 264. The quantitative estimate of drug-likeness (QED) is 0.393. The molecule has 2 heteroatoms. The van der Waals surface area contributed by atoms with Crippen LogP contribution in [0.4, 0.5) is 0 Å². The number of nitrogens with zero attached hydrogens (tertiary/aromatic N) is 1. The van der Waals surface area contributed by atoms with Gasteiger partial charge in [-0.3, -0.25) is 4.79 Å². The van der Waals surface area contributed by atoms with Crippen LogP contribution in [0.25, 0.3) is 0 Å². The van der Waals surface area contributed by atoms with Gasteiger partial charge in [-0.05, 0) is 19.8 Å². The molecule has 0 radical (unpaired) electrons. The van der Waals surface area contributed by atoms with E-state index >= 15 is 0 Å². The predicted molar refractivity (Wildman–Crippen MR) is 93.6 cm³/mol. The van der Waals surface area contributed by atoms with Crippen LogP contribution in [0.1, 0.15) is 98.3 Å². The van der Waals surface area contributed by atoms with Crippen molar-refractivity contribution in [1.29, 1.82) is 0 Å². The van der Waals surface area contributed by atoms with Gasteiger partial charge in [0.05, 0.1) is 0 Å². The van der Waals surface area contributed by atoms with Crippen molar-refractivity contribution in [3.8, 4) is 0 Å². The summed E-state index contributed by atoms with van der Waals surface area (Å²) < 4.78 is 0.